The van der Waals surface area contributed by atoms with Crippen LogP contribution >= 0.6 is 0 Å². The lowest BCUT2D eigenvalue weighted by Gasteiger charge is -1.91. The average Bonchev–Trinajstić information content (AvgIpc) is 2.25. The first-order valence-corrected chi connectivity index (χ1v) is 4.34. The van der Waals surface area contributed by atoms with E-state index in [9.17, 15) is 0 Å². The van der Waals surface area contributed by atoms with Crippen molar-refractivity contribution in [3.63, 3.8) is 0 Å². The smallest absolute Gasteiger partial charge is 0.0864 e. The standard InChI is InChI=1S/C11H12N2/c1-8-5-10-4-3-9(2)13-11(10)7-12-6-8/h3-7,12H,1-2H3. The van der Waals surface area contributed by atoms with E-state index in [1.165, 1.54) is 10.8 Å². The number of aromatic nitrogens is 1. The number of hydrogen-bond donors (Lipinski definition) is 1. The van der Waals surface area contributed by atoms with Gasteiger partial charge in [0.2, 0.25) is 0 Å². The maximum absolute atomic E-state index is 4.43. The van der Waals surface area contributed by atoms with Gasteiger partial charge in [0, 0.05) is 23.3 Å². The molecule has 13 heavy (non-hydrogen) atoms. The summed E-state index contributed by atoms with van der Waals surface area (Å²) in [6, 6.07) is 4.13. The molecular weight excluding hydrogens is 160 g/mol. The van der Waals surface area contributed by atoms with Crippen LogP contribution < -0.4 is 15.9 Å². The minimum Gasteiger partial charge on any atom is -0.366 e. The Bertz CT molecular complexity index is 469. The molecule has 0 bridgehead atoms. The molecule has 0 saturated heterocycles. The molecule has 0 spiro atoms. The summed E-state index contributed by atoms with van der Waals surface area (Å²) in [5, 5.41) is 5.28. The van der Waals surface area contributed by atoms with Gasteiger partial charge in [0.25, 0.3) is 0 Å². The zero-order chi connectivity index (χ0) is 9.26. The summed E-state index contributed by atoms with van der Waals surface area (Å²) in [7, 11) is 0. The van der Waals surface area contributed by atoms with Crippen LogP contribution in [0.3, 0.4) is 0 Å². The normalized spacial score (nSPS) is 14.2. The number of nitrogens with zero attached hydrogens (tertiary/aromatic N) is 1. The van der Waals surface area contributed by atoms with Crippen LogP contribution in [0.1, 0.15) is 12.6 Å². The monoisotopic (exact) mass is 172 g/mol. The van der Waals surface area contributed by atoms with Gasteiger partial charge in [-0.1, -0.05) is 6.07 Å². The summed E-state index contributed by atoms with van der Waals surface area (Å²) >= 11 is 0. The Labute approximate surface area is 77.3 Å². The van der Waals surface area contributed by atoms with Gasteiger partial charge >= 0.3 is 0 Å². The van der Waals surface area contributed by atoms with Gasteiger partial charge in [-0.15, -0.1) is 0 Å². The Morgan fingerprint density at radius 1 is 1.15 bits per heavy atom. The molecule has 2 rings (SSSR count). The van der Waals surface area contributed by atoms with Gasteiger partial charge < -0.3 is 5.32 Å². The average molecular weight is 172 g/mol. The number of pyridine rings is 1. The SMILES string of the molecule is CC1=CNC=c2nc(C)ccc2=C1. The first-order chi connectivity index (χ1) is 6.25. The van der Waals surface area contributed by atoms with Crippen LogP contribution in [0.15, 0.2) is 23.9 Å². The van der Waals surface area contributed by atoms with Crippen molar-refractivity contribution >= 4 is 12.3 Å². The molecule has 1 aliphatic rings. The third-order valence-electron chi connectivity index (χ3n) is 2.01. The Kier molecular flexibility index (Phi) is 1.89. The molecule has 1 N–H and O–H groups in total. The molecule has 0 aliphatic carbocycles. The number of fused-ring (bicyclic) bond motifs is 1. The maximum Gasteiger partial charge on any atom is 0.0864 e. The van der Waals surface area contributed by atoms with Crippen molar-refractivity contribution in [2.75, 3.05) is 0 Å². The molecule has 2 heterocycles. The van der Waals surface area contributed by atoms with Gasteiger partial charge in [-0.05, 0) is 31.6 Å². The highest BCUT2D eigenvalue weighted by Gasteiger charge is 1.92. The first kappa shape index (κ1) is 8.05. The van der Waals surface area contributed by atoms with Gasteiger partial charge in [0.1, 0.15) is 0 Å². The van der Waals surface area contributed by atoms with Gasteiger partial charge in [-0.2, -0.15) is 0 Å². The quantitative estimate of drug-likeness (QED) is 0.613. The lowest BCUT2D eigenvalue weighted by molar-refractivity contribution is 1.11. The van der Waals surface area contributed by atoms with Crippen molar-refractivity contribution in [1.29, 1.82) is 0 Å². The Morgan fingerprint density at radius 2 is 2.00 bits per heavy atom. The third-order valence-corrected chi connectivity index (χ3v) is 2.01. The largest absolute Gasteiger partial charge is 0.366 e. The molecule has 1 aromatic rings. The van der Waals surface area contributed by atoms with Crippen LogP contribution in [0.5, 0.6) is 0 Å². The fraction of sp³-hybridized carbons (Fsp3) is 0.182. The third kappa shape index (κ3) is 1.61. The van der Waals surface area contributed by atoms with Crippen molar-refractivity contribution in [2.45, 2.75) is 13.8 Å². The lowest BCUT2D eigenvalue weighted by atomic mass is 10.2. The molecule has 1 aromatic heterocycles. The van der Waals surface area contributed by atoms with Crippen LogP contribution in [0.4, 0.5) is 0 Å². The molecule has 0 atom stereocenters. The molecule has 66 valence electrons. The predicted molar refractivity (Wildman–Crippen MR) is 54.0 cm³/mol. The van der Waals surface area contributed by atoms with Crippen molar-refractivity contribution < 1.29 is 0 Å². The van der Waals surface area contributed by atoms with E-state index in [0.717, 1.165) is 11.0 Å². The Balaban J connectivity index is 2.75. The van der Waals surface area contributed by atoms with E-state index in [1.807, 2.05) is 25.4 Å². The zero-order valence-corrected chi connectivity index (χ0v) is 7.83. The highest BCUT2D eigenvalue weighted by molar-refractivity contribution is 5.48. The van der Waals surface area contributed by atoms with E-state index in [2.05, 4.69) is 29.4 Å². The maximum atomic E-state index is 4.43. The second kappa shape index (κ2) is 3.05. The molecule has 0 saturated carbocycles. The number of nitrogens with one attached hydrogen (secondary N) is 1. The molecule has 0 unspecified atom stereocenters. The van der Waals surface area contributed by atoms with E-state index in [-0.39, 0.29) is 0 Å². The minimum atomic E-state index is 1.01. The topological polar surface area (TPSA) is 24.9 Å². The van der Waals surface area contributed by atoms with Crippen molar-refractivity contribution in [1.82, 2.24) is 10.3 Å². The van der Waals surface area contributed by atoms with Crippen LogP contribution in [-0.4, -0.2) is 4.98 Å². The lowest BCUT2D eigenvalue weighted by Crippen LogP contribution is -2.29. The van der Waals surface area contributed by atoms with Crippen LogP contribution in [0, 0.1) is 6.92 Å². The zero-order valence-electron chi connectivity index (χ0n) is 7.83. The summed E-state index contributed by atoms with van der Waals surface area (Å²) < 4.78 is 0. The molecular formula is C11H12N2. The summed E-state index contributed by atoms with van der Waals surface area (Å²) in [6.45, 7) is 4.06. The number of allylic oxidation sites excluding steroid dienone is 1. The van der Waals surface area contributed by atoms with Gasteiger partial charge in [0.15, 0.2) is 0 Å². The second-order valence-electron chi connectivity index (χ2n) is 3.27. The molecule has 2 heteroatoms. The van der Waals surface area contributed by atoms with Gasteiger partial charge in [0.05, 0.1) is 5.35 Å². The summed E-state index contributed by atoms with van der Waals surface area (Å²) in [6.07, 6.45) is 6.02. The number of aryl methyl sites for hydroxylation is 1. The Morgan fingerprint density at radius 3 is 2.85 bits per heavy atom. The minimum absolute atomic E-state index is 1.01. The van der Waals surface area contributed by atoms with E-state index >= 15 is 0 Å². The molecule has 0 radical (unpaired) electrons. The first-order valence-electron chi connectivity index (χ1n) is 4.34. The Hall–Kier alpha value is -1.57. The van der Waals surface area contributed by atoms with Gasteiger partial charge in [-0.3, -0.25) is 4.98 Å². The van der Waals surface area contributed by atoms with E-state index in [1.54, 1.807) is 0 Å². The molecule has 0 fully saturated rings. The van der Waals surface area contributed by atoms with E-state index in [0.29, 0.717) is 0 Å². The fourth-order valence-electron chi connectivity index (χ4n) is 1.36. The highest BCUT2D eigenvalue weighted by atomic mass is 14.8. The number of rotatable bonds is 0. The van der Waals surface area contributed by atoms with Crippen LogP contribution in [0.25, 0.3) is 12.3 Å². The molecule has 0 amide bonds. The van der Waals surface area contributed by atoms with Crippen molar-refractivity contribution in [2.24, 2.45) is 0 Å². The molecule has 1 aliphatic heterocycles. The predicted octanol–water partition coefficient (Wildman–Crippen LogP) is 0.416. The number of hydrogen-bond acceptors (Lipinski definition) is 2. The highest BCUT2D eigenvalue weighted by Crippen LogP contribution is 1.92. The second-order valence-corrected chi connectivity index (χ2v) is 3.27. The van der Waals surface area contributed by atoms with E-state index in [4.69, 9.17) is 0 Å². The van der Waals surface area contributed by atoms with Crippen molar-refractivity contribution in [3.8, 4) is 0 Å². The van der Waals surface area contributed by atoms with Gasteiger partial charge in [-0.25, -0.2) is 0 Å². The summed E-state index contributed by atoms with van der Waals surface area (Å²) in [4.78, 5) is 4.43. The fourth-order valence-corrected chi connectivity index (χ4v) is 1.36. The van der Waals surface area contributed by atoms with Crippen LogP contribution in [-0.2, 0) is 0 Å². The molecule has 0 aromatic carbocycles. The van der Waals surface area contributed by atoms with Crippen LogP contribution in [0.2, 0.25) is 0 Å². The van der Waals surface area contributed by atoms with Crippen molar-refractivity contribution in [3.05, 3.63) is 40.2 Å². The van der Waals surface area contributed by atoms with E-state index < -0.39 is 0 Å². The molecule has 2 nitrogen and oxygen atoms in total. The summed E-state index contributed by atoms with van der Waals surface area (Å²) in [5.41, 5.74) is 2.26. The summed E-state index contributed by atoms with van der Waals surface area (Å²) in [5.74, 6) is 0.